The lowest BCUT2D eigenvalue weighted by molar-refractivity contribution is -0.137. The minimum Gasteiger partial charge on any atom is -0.461 e. The molecule has 12 heteroatoms. The maximum atomic E-state index is 13.2. The molecule has 1 fully saturated rings. The molecule has 1 amide bonds. The molecule has 4 aromatic rings. The highest BCUT2D eigenvalue weighted by Gasteiger charge is 2.30. The Labute approximate surface area is 238 Å². The summed E-state index contributed by atoms with van der Waals surface area (Å²) in [5.74, 6) is 0.578. The molecule has 2 N–H and O–H groups in total. The highest BCUT2D eigenvalue weighted by atomic mass is 32.1. The molecule has 0 bridgehead atoms. The van der Waals surface area contributed by atoms with Crippen LogP contribution in [-0.4, -0.2) is 76.5 Å². The first-order valence-corrected chi connectivity index (χ1v) is 14.0. The van der Waals surface area contributed by atoms with E-state index in [-0.39, 0.29) is 18.5 Å². The Morgan fingerprint density at radius 1 is 1.02 bits per heavy atom. The van der Waals surface area contributed by atoms with Gasteiger partial charge in [-0.25, -0.2) is 0 Å². The second-order valence-corrected chi connectivity index (χ2v) is 10.8. The molecule has 2 aromatic carbocycles. The summed E-state index contributed by atoms with van der Waals surface area (Å²) in [6.45, 7) is 3.52. The van der Waals surface area contributed by atoms with Crippen LogP contribution in [0.2, 0.25) is 0 Å². The average Bonchev–Trinajstić information content (AvgIpc) is 3.42. The van der Waals surface area contributed by atoms with E-state index in [1.807, 2.05) is 0 Å². The average molecular weight is 587 g/mol. The molecule has 1 aliphatic heterocycles. The number of aliphatic hydroxyl groups excluding tert-OH is 2. The largest absolute Gasteiger partial charge is 0.461 e. The number of ether oxygens (including phenoxy) is 1. The Kier molecular flexibility index (Phi) is 8.43. The van der Waals surface area contributed by atoms with Crippen molar-refractivity contribution in [3.05, 3.63) is 70.6 Å². The number of amides is 1. The van der Waals surface area contributed by atoms with E-state index in [4.69, 9.17) is 9.84 Å². The van der Waals surface area contributed by atoms with E-state index in [1.54, 1.807) is 40.5 Å². The van der Waals surface area contributed by atoms with Gasteiger partial charge in [-0.2, -0.15) is 23.1 Å². The second kappa shape index (κ2) is 12.0. The van der Waals surface area contributed by atoms with Crippen molar-refractivity contribution < 1.29 is 32.9 Å². The van der Waals surface area contributed by atoms with Crippen LogP contribution in [-0.2, 0) is 12.6 Å². The van der Waals surface area contributed by atoms with Crippen molar-refractivity contribution in [1.82, 2.24) is 14.9 Å². The van der Waals surface area contributed by atoms with E-state index in [1.165, 1.54) is 12.1 Å². The standard InChI is InChI=1S/C29H29F3N4O4S/c1-2-23-15-24-25(33-28(34-26(24)41-23)40-17-22(38)16-37)35-11-13-36(14-12-35)27(39)20-5-3-18(4-6-20)19-7-9-21(10-8-19)29(30,31)32/h3-10,15,22,37-38H,2,11-14,16-17H2,1H3/t22-/m1/s1. The lowest BCUT2D eigenvalue weighted by atomic mass is 10.0. The summed E-state index contributed by atoms with van der Waals surface area (Å²) in [6, 6.07) is 14.0. The summed E-state index contributed by atoms with van der Waals surface area (Å²) in [4.78, 5) is 28.1. The van der Waals surface area contributed by atoms with Crippen molar-refractivity contribution in [2.75, 3.05) is 44.3 Å². The SMILES string of the molecule is CCc1cc2c(N3CCN(C(=O)c4ccc(-c5ccc(C(F)(F)F)cc5)cc4)CC3)nc(OC[C@H](O)CO)nc2s1. The number of benzene rings is 2. The predicted octanol–water partition coefficient (Wildman–Crippen LogP) is 4.63. The summed E-state index contributed by atoms with van der Waals surface area (Å²) >= 11 is 1.55. The van der Waals surface area contributed by atoms with E-state index in [2.05, 4.69) is 27.9 Å². The smallest absolute Gasteiger partial charge is 0.416 e. The maximum absolute atomic E-state index is 13.2. The summed E-state index contributed by atoms with van der Waals surface area (Å²) in [6.07, 6.45) is -4.58. The highest BCUT2D eigenvalue weighted by molar-refractivity contribution is 7.18. The second-order valence-electron chi connectivity index (χ2n) is 9.69. The monoisotopic (exact) mass is 586 g/mol. The number of aliphatic hydroxyl groups is 2. The molecule has 1 saturated heterocycles. The molecule has 0 aliphatic carbocycles. The lowest BCUT2D eigenvalue weighted by Gasteiger charge is -2.35. The van der Waals surface area contributed by atoms with Gasteiger partial charge in [0.15, 0.2) is 0 Å². The number of alkyl halides is 3. The summed E-state index contributed by atoms with van der Waals surface area (Å²) in [5.41, 5.74) is 1.15. The number of anilines is 1. The first-order chi connectivity index (χ1) is 19.7. The number of fused-ring (bicyclic) bond motifs is 1. The van der Waals surface area contributed by atoms with E-state index < -0.39 is 24.5 Å². The minimum atomic E-state index is -4.39. The van der Waals surface area contributed by atoms with Crippen LogP contribution in [0.1, 0.15) is 27.7 Å². The van der Waals surface area contributed by atoms with Gasteiger partial charge in [-0.3, -0.25) is 4.79 Å². The molecule has 3 heterocycles. The van der Waals surface area contributed by atoms with Gasteiger partial charge in [0.05, 0.1) is 17.6 Å². The number of hydrogen-bond donors (Lipinski definition) is 2. The fourth-order valence-electron chi connectivity index (χ4n) is 4.60. The van der Waals surface area contributed by atoms with Crippen LogP contribution in [0.25, 0.3) is 21.3 Å². The zero-order chi connectivity index (χ0) is 29.1. The molecule has 41 heavy (non-hydrogen) atoms. The van der Waals surface area contributed by atoms with E-state index in [9.17, 15) is 23.1 Å². The molecular weight excluding hydrogens is 557 g/mol. The van der Waals surface area contributed by atoms with Crippen LogP contribution in [0.3, 0.4) is 0 Å². The minimum absolute atomic E-state index is 0.121. The summed E-state index contributed by atoms with van der Waals surface area (Å²) in [7, 11) is 0. The number of carbonyl (C=O) groups is 1. The summed E-state index contributed by atoms with van der Waals surface area (Å²) < 4.78 is 44.1. The highest BCUT2D eigenvalue weighted by Crippen LogP contribution is 2.34. The number of thiophene rings is 1. The van der Waals surface area contributed by atoms with Crippen molar-refractivity contribution in [2.45, 2.75) is 25.6 Å². The van der Waals surface area contributed by atoms with E-state index in [0.717, 1.165) is 39.2 Å². The van der Waals surface area contributed by atoms with Crippen LogP contribution < -0.4 is 9.64 Å². The fourth-order valence-corrected chi connectivity index (χ4v) is 5.55. The third-order valence-electron chi connectivity index (χ3n) is 6.91. The molecule has 216 valence electrons. The zero-order valence-electron chi connectivity index (χ0n) is 22.3. The molecule has 1 atom stereocenters. The van der Waals surface area contributed by atoms with Crippen molar-refractivity contribution in [3.8, 4) is 17.1 Å². The van der Waals surface area contributed by atoms with Crippen LogP contribution in [0.4, 0.5) is 19.0 Å². The van der Waals surface area contributed by atoms with Gasteiger partial charge in [-0.15, -0.1) is 11.3 Å². The van der Waals surface area contributed by atoms with E-state index in [0.29, 0.717) is 43.1 Å². The van der Waals surface area contributed by atoms with Gasteiger partial charge >= 0.3 is 12.2 Å². The Balaban J connectivity index is 1.27. The normalized spacial score (nSPS) is 14.9. The lowest BCUT2D eigenvalue weighted by Crippen LogP contribution is -2.49. The third kappa shape index (κ3) is 6.45. The first-order valence-electron chi connectivity index (χ1n) is 13.2. The van der Waals surface area contributed by atoms with E-state index >= 15 is 0 Å². The number of aryl methyl sites for hydroxylation is 1. The number of carbonyl (C=O) groups excluding carboxylic acids is 1. The van der Waals surface area contributed by atoms with Crippen LogP contribution in [0.5, 0.6) is 6.01 Å². The van der Waals surface area contributed by atoms with Gasteiger partial charge in [0.1, 0.15) is 23.4 Å². The van der Waals surface area contributed by atoms with Crippen LogP contribution >= 0.6 is 11.3 Å². The molecule has 0 saturated carbocycles. The molecule has 2 aromatic heterocycles. The van der Waals surface area contributed by atoms with Gasteiger partial charge in [-0.05, 0) is 47.9 Å². The number of nitrogens with zero attached hydrogens (tertiary/aromatic N) is 4. The maximum Gasteiger partial charge on any atom is 0.416 e. The number of piperazine rings is 1. The fraction of sp³-hybridized carbons (Fsp3) is 0.345. The van der Waals surface area contributed by atoms with Crippen molar-refractivity contribution in [3.63, 3.8) is 0 Å². The third-order valence-corrected chi connectivity index (χ3v) is 8.08. The van der Waals surface area contributed by atoms with Crippen LogP contribution in [0.15, 0.2) is 54.6 Å². The number of rotatable bonds is 8. The molecule has 1 aliphatic rings. The Hall–Kier alpha value is -3.74. The van der Waals surface area contributed by atoms with Gasteiger partial charge in [-0.1, -0.05) is 31.2 Å². The van der Waals surface area contributed by atoms with Gasteiger partial charge in [0.25, 0.3) is 5.91 Å². The Morgan fingerprint density at radius 3 is 2.24 bits per heavy atom. The van der Waals surface area contributed by atoms with Gasteiger partial charge in [0, 0.05) is 36.6 Å². The van der Waals surface area contributed by atoms with Gasteiger partial charge < -0.3 is 24.7 Å². The molecule has 8 nitrogen and oxygen atoms in total. The molecule has 0 spiro atoms. The van der Waals surface area contributed by atoms with Crippen molar-refractivity contribution in [2.24, 2.45) is 0 Å². The molecule has 0 radical (unpaired) electrons. The van der Waals surface area contributed by atoms with Crippen molar-refractivity contribution >= 4 is 33.3 Å². The number of halogens is 3. The quantitative estimate of drug-likeness (QED) is 0.311. The molecule has 5 rings (SSSR count). The van der Waals surface area contributed by atoms with Gasteiger partial charge in [0.2, 0.25) is 0 Å². The topological polar surface area (TPSA) is 99.0 Å². The molecule has 0 unspecified atom stereocenters. The Bertz CT molecular complexity index is 1500. The molecular formula is C29H29F3N4O4S. The number of hydrogen-bond acceptors (Lipinski definition) is 8. The zero-order valence-corrected chi connectivity index (χ0v) is 23.1. The summed E-state index contributed by atoms with van der Waals surface area (Å²) in [5, 5.41) is 19.7. The first kappa shape index (κ1) is 28.8. The number of aromatic nitrogens is 2. The van der Waals surface area contributed by atoms with Crippen molar-refractivity contribution in [1.29, 1.82) is 0 Å². The predicted molar refractivity (Wildman–Crippen MR) is 150 cm³/mol. The van der Waals surface area contributed by atoms with Crippen LogP contribution in [0, 0.1) is 0 Å². The Morgan fingerprint density at radius 2 is 1.66 bits per heavy atom.